The number of aromatic nitrogens is 2. The molecule has 0 saturated heterocycles. The van der Waals surface area contributed by atoms with E-state index in [0.717, 1.165) is 23.1 Å². The van der Waals surface area contributed by atoms with E-state index in [4.69, 9.17) is 5.11 Å². The Morgan fingerprint density at radius 1 is 1.43 bits per heavy atom. The quantitative estimate of drug-likeness (QED) is 0.609. The summed E-state index contributed by atoms with van der Waals surface area (Å²) in [5.41, 5.74) is 1.72. The van der Waals surface area contributed by atoms with Gasteiger partial charge >= 0.3 is 5.97 Å². The number of carbonyl (C=O) groups is 1. The summed E-state index contributed by atoms with van der Waals surface area (Å²) in [6.07, 6.45) is 0. The third-order valence-electron chi connectivity index (χ3n) is 1.59. The minimum Gasteiger partial charge on any atom is -0.480 e. The van der Waals surface area contributed by atoms with Crippen LogP contribution in [0, 0.1) is 13.8 Å². The van der Waals surface area contributed by atoms with Gasteiger partial charge in [0.05, 0.1) is 0 Å². The van der Waals surface area contributed by atoms with Crippen LogP contribution in [0.2, 0.25) is 0 Å². The third kappa shape index (κ3) is 2.99. The zero-order valence-corrected chi connectivity index (χ0v) is 9.13. The molecule has 1 heterocycles. The minimum absolute atomic E-state index is 0.517. The first-order valence-corrected chi connectivity index (χ1v) is 5.09. The molecule has 5 heteroatoms. The molecule has 4 nitrogen and oxygen atoms in total. The fourth-order valence-electron chi connectivity index (χ4n) is 0.955. The number of carboxylic acids is 1. The maximum Gasteiger partial charge on any atom is 0.316 e. The Morgan fingerprint density at radius 3 is 2.36 bits per heavy atom. The molecule has 0 spiro atoms. The largest absolute Gasteiger partial charge is 0.480 e. The number of aryl methyl sites for hydroxylation is 2. The van der Waals surface area contributed by atoms with E-state index in [0.29, 0.717) is 5.16 Å². The molecule has 1 aromatic rings. The lowest BCUT2D eigenvalue weighted by Crippen LogP contribution is -2.12. The molecule has 0 bridgehead atoms. The molecule has 0 unspecified atom stereocenters. The molecule has 0 fully saturated rings. The Hall–Kier alpha value is -1.10. The average molecular weight is 212 g/mol. The van der Waals surface area contributed by atoms with Crippen molar-refractivity contribution < 1.29 is 9.90 Å². The van der Waals surface area contributed by atoms with Crippen LogP contribution in [0.1, 0.15) is 18.3 Å². The highest BCUT2D eigenvalue weighted by atomic mass is 32.2. The zero-order chi connectivity index (χ0) is 10.7. The zero-order valence-electron chi connectivity index (χ0n) is 8.31. The SMILES string of the molecule is Cc1cc(C)nc(S[C@@H](C)C(=O)O)n1. The Bertz CT molecular complexity index is 334. The van der Waals surface area contributed by atoms with Gasteiger partial charge in [0.2, 0.25) is 0 Å². The standard InChI is InChI=1S/C9H12N2O2S/c1-5-4-6(2)11-9(10-5)14-7(3)8(12)13/h4,7H,1-3H3,(H,12,13)/t7-/m0/s1. The van der Waals surface area contributed by atoms with Crippen LogP contribution in [0.3, 0.4) is 0 Å². The van der Waals surface area contributed by atoms with Crippen molar-refractivity contribution in [2.24, 2.45) is 0 Å². The van der Waals surface area contributed by atoms with Crippen LogP contribution in [0.5, 0.6) is 0 Å². The van der Waals surface area contributed by atoms with E-state index in [1.165, 1.54) is 0 Å². The molecule has 0 saturated carbocycles. The van der Waals surface area contributed by atoms with Crippen molar-refractivity contribution in [2.45, 2.75) is 31.2 Å². The molecule has 1 aromatic heterocycles. The summed E-state index contributed by atoms with van der Waals surface area (Å²) in [4.78, 5) is 18.9. The predicted molar refractivity (Wildman–Crippen MR) is 54.5 cm³/mol. The van der Waals surface area contributed by atoms with E-state index >= 15 is 0 Å². The van der Waals surface area contributed by atoms with Gasteiger partial charge in [-0.15, -0.1) is 0 Å². The van der Waals surface area contributed by atoms with Crippen LogP contribution in [0.25, 0.3) is 0 Å². The van der Waals surface area contributed by atoms with Crippen molar-refractivity contribution >= 4 is 17.7 Å². The number of thioether (sulfide) groups is 1. The molecule has 0 aliphatic heterocycles. The first-order valence-electron chi connectivity index (χ1n) is 4.21. The number of hydrogen-bond donors (Lipinski definition) is 1. The number of carboxylic acid groups (broad SMARTS) is 1. The van der Waals surface area contributed by atoms with Gasteiger partial charge < -0.3 is 5.11 Å². The normalized spacial score (nSPS) is 12.5. The Morgan fingerprint density at radius 2 is 1.93 bits per heavy atom. The van der Waals surface area contributed by atoms with E-state index in [-0.39, 0.29) is 0 Å². The molecule has 0 radical (unpaired) electrons. The van der Waals surface area contributed by atoms with Crippen molar-refractivity contribution in [3.8, 4) is 0 Å². The van der Waals surface area contributed by atoms with Gasteiger partial charge in [0.15, 0.2) is 5.16 Å². The van der Waals surface area contributed by atoms with E-state index in [2.05, 4.69) is 9.97 Å². The highest BCUT2D eigenvalue weighted by Gasteiger charge is 2.14. The molecule has 0 aliphatic rings. The summed E-state index contributed by atoms with van der Waals surface area (Å²) >= 11 is 1.16. The maximum atomic E-state index is 10.6. The number of rotatable bonds is 3. The molecule has 1 rings (SSSR count). The first-order chi connectivity index (χ1) is 6.49. The highest BCUT2D eigenvalue weighted by Crippen LogP contribution is 2.19. The van der Waals surface area contributed by atoms with Crippen LogP contribution < -0.4 is 0 Å². The summed E-state index contributed by atoms with van der Waals surface area (Å²) in [5.74, 6) is -0.849. The van der Waals surface area contributed by atoms with Crippen molar-refractivity contribution in [3.63, 3.8) is 0 Å². The second-order valence-electron chi connectivity index (χ2n) is 3.03. The van der Waals surface area contributed by atoms with E-state index in [1.54, 1.807) is 6.92 Å². The molecule has 0 amide bonds. The van der Waals surface area contributed by atoms with Gasteiger partial charge in [0.25, 0.3) is 0 Å². The first kappa shape index (κ1) is 11.0. The monoisotopic (exact) mass is 212 g/mol. The Kier molecular flexibility index (Phi) is 3.46. The van der Waals surface area contributed by atoms with Gasteiger partial charge in [0.1, 0.15) is 5.25 Å². The van der Waals surface area contributed by atoms with Crippen molar-refractivity contribution in [2.75, 3.05) is 0 Å². The molecule has 1 N–H and O–H groups in total. The van der Waals surface area contributed by atoms with Crippen LogP contribution >= 0.6 is 11.8 Å². The summed E-state index contributed by atoms with van der Waals surface area (Å²) in [7, 11) is 0. The van der Waals surface area contributed by atoms with Gasteiger partial charge in [-0.25, -0.2) is 9.97 Å². The summed E-state index contributed by atoms with van der Waals surface area (Å²) < 4.78 is 0. The summed E-state index contributed by atoms with van der Waals surface area (Å²) in [5, 5.41) is 8.71. The van der Waals surface area contributed by atoms with Gasteiger partial charge in [-0.1, -0.05) is 11.8 Å². The number of nitrogens with zero attached hydrogens (tertiary/aromatic N) is 2. The van der Waals surface area contributed by atoms with Crippen LogP contribution in [0.15, 0.2) is 11.2 Å². The molecule has 0 aliphatic carbocycles. The molecular formula is C9H12N2O2S. The lowest BCUT2D eigenvalue weighted by molar-refractivity contribution is -0.136. The Balaban J connectivity index is 2.81. The molecule has 76 valence electrons. The van der Waals surface area contributed by atoms with Crippen LogP contribution in [-0.4, -0.2) is 26.3 Å². The smallest absolute Gasteiger partial charge is 0.316 e. The number of hydrogen-bond acceptors (Lipinski definition) is 4. The van der Waals surface area contributed by atoms with Gasteiger partial charge in [0, 0.05) is 11.4 Å². The molecule has 14 heavy (non-hydrogen) atoms. The molecule has 1 atom stereocenters. The van der Waals surface area contributed by atoms with Crippen molar-refractivity contribution in [1.82, 2.24) is 9.97 Å². The molecular weight excluding hydrogens is 200 g/mol. The third-order valence-corrected chi connectivity index (χ3v) is 2.54. The maximum absolute atomic E-state index is 10.6. The Labute approximate surface area is 86.8 Å². The van der Waals surface area contributed by atoms with Gasteiger partial charge in [-0.2, -0.15) is 0 Å². The number of aliphatic carboxylic acids is 1. The minimum atomic E-state index is -0.849. The van der Waals surface area contributed by atoms with Crippen LogP contribution in [-0.2, 0) is 4.79 Å². The average Bonchev–Trinajstić information content (AvgIpc) is 2.01. The van der Waals surface area contributed by atoms with E-state index in [1.807, 2.05) is 19.9 Å². The predicted octanol–water partition coefficient (Wildman–Crippen LogP) is 1.66. The van der Waals surface area contributed by atoms with Gasteiger partial charge in [-0.3, -0.25) is 4.79 Å². The molecule has 0 aromatic carbocycles. The fraction of sp³-hybridized carbons (Fsp3) is 0.444. The lowest BCUT2D eigenvalue weighted by Gasteiger charge is -2.05. The van der Waals surface area contributed by atoms with Crippen molar-refractivity contribution in [3.05, 3.63) is 17.5 Å². The second-order valence-corrected chi connectivity index (χ2v) is 4.34. The summed E-state index contributed by atoms with van der Waals surface area (Å²) in [6, 6.07) is 1.86. The highest BCUT2D eigenvalue weighted by molar-refractivity contribution is 8.00. The topological polar surface area (TPSA) is 63.1 Å². The van der Waals surface area contributed by atoms with Crippen molar-refractivity contribution in [1.29, 1.82) is 0 Å². The van der Waals surface area contributed by atoms with Crippen LogP contribution in [0.4, 0.5) is 0 Å². The van der Waals surface area contributed by atoms with E-state index in [9.17, 15) is 4.79 Å². The summed E-state index contributed by atoms with van der Waals surface area (Å²) in [6.45, 7) is 5.35. The van der Waals surface area contributed by atoms with Gasteiger partial charge in [-0.05, 0) is 26.8 Å². The van der Waals surface area contributed by atoms with E-state index < -0.39 is 11.2 Å². The second kappa shape index (κ2) is 4.41. The fourth-order valence-corrected chi connectivity index (χ4v) is 1.77. The lowest BCUT2D eigenvalue weighted by atomic mass is 10.4.